The van der Waals surface area contributed by atoms with Crippen LogP contribution in [0.4, 0.5) is 0 Å². The Morgan fingerprint density at radius 1 is 1.67 bits per heavy atom. The summed E-state index contributed by atoms with van der Waals surface area (Å²) in [6, 6.07) is 0. The van der Waals surface area contributed by atoms with E-state index in [9.17, 15) is 9.90 Å². The van der Waals surface area contributed by atoms with Crippen molar-refractivity contribution >= 4 is 17.3 Å². The predicted molar refractivity (Wildman–Crippen MR) is 55.9 cm³/mol. The van der Waals surface area contributed by atoms with Gasteiger partial charge >= 0.3 is 5.97 Å². The van der Waals surface area contributed by atoms with Crippen molar-refractivity contribution in [3.63, 3.8) is 0 Å². The SMILES string of the molecule is COC(=O)c1sc(C(O)C2CC2)nc1C. The van der Waals surface area contributed by atoms with E-state index in [2.05, 4.69) is 9.72 Å². The van der Waals surface area contributed by atoms with E-state index in [1.165, 1.54) is 18.4 Å². The van der Waals surface area contributed by atoms with Crippen molar-refractivity contribution in [3.8, 4) is 0 Å². The molecule has 0 amide bonds. The number of hydrogen-bond donors (Lipinski definition) is 1. The van der Waals surface area contributed by atoms with Crippen molar-refractivity contribution in [2.24, 2.45) is 5.92 Å². The van der Waals surface area contributed by atoms with Crippen molar-refractivity contribution in [1.29, 1.82) is 0 Å². The zero-order valence-corrected chi connectivity index (χ0v) is 9.50. The number of carbonyl (C=O) groups is 1. The van der Waals surface area contributed by atoms with E-state index in [4.69, 9.17) is 0 Å². The van der Waals surface area contributed by atoms with E-state index < -0.39 is 6.10 Å². The Morgan fingerprint density at radius 3 is 2.87 bits per heavy atom. The van der Waals surface area contributed by atoms with Gasteiger partial charge < -0.3 is 9.84 Å². The summed E-state index contributed by atoms with van der Waals surface area (Å²) in [5.74, 6) is -0.0414. The highest BCUT2D eigenvalue weighted by Gasteiger charge is 2.33. The monoisotopic (exact) mass is 227 g/mol. The van der Waals surface area contributed by atoms with E-state index >= 15 is 0 Å². The maximum absolute atomic E-state index is 11.3. The summed E-state index contributed by atoms with van der Waals surface area (Å²) >= 11 is 1.23. The van der Waals surface area contributed by atoms with Crippen molar-refractivity contribution in [2.45, 2.75) is 25.9 Å². The summed E-state index contributed by atoms with van der Waals surface area (Å²) in [5, 5.41) is 10.5. The van der Waals surface area contributed by atoms with Gasteiger partial charge in [-0.3, -0.25) is 0 Å². The maximum Gasteiger partial charge on any atom is 0.349 e. The lowest BCUT2D eigenvalue weighted by Gasteiger charge is -2.02. The lowest BCUT2D eigenvalue weighted by Crippen LogP contribution is -1.99. The number of ether oxygens (including phenoxy) is 1. The molecular formula is C10H13NO3S. The van der Waals surface area contributed by atoms with Crippen molar-refractivity contribution in [3.05, 3.63) is 15.6 Å². The molecule has 4 nitrogen and oxygen atoms in total. The fraction of sp³-hybridized carbons (Fsp3) is 0.600. The summed E-state index contributed by atoms with van der Waals surface area (Å²) < 4.78 is 4.64. The number of rotatable bonds is 3. The molecular weight excluding hydrogens is 214 g/mol. The van der Waals surface area contributed by atoms with Gasteiger partial charge in [-0.2, -0.15) is 0 Å². The van der Waals surface area contributed by atoms with Gasteiger partial charge in [0.25, 0.3) is 0 Å². The van der Waals surface area contributed by atoms with Crippen LogP contribution < -0.4 is 0 Å². The third kappa shape index (κ3) is 2.03. The van der Waals surface area contributed by atoms with E-state index in [0.29, 0.717) is 21.5 Å². The minimum Gasteiger partial charge on any atom is -0.465 e. The Morgan fingerprint density at radius 2 is 2.33 bits per heavy atom. The first-order valence-electron chi connectivity index (χ1n) is 4.87. The minimum absolute atomic E-state index is 0.334. The van der Waals surface area contributed by atoms with Gasteiger partial charge in [0.05, 0.1) is 12.8 Å². The summed E-state index contributed by atoms with van der Waals surface area (Å²) in [5.41, 5.74) is 0.640. The number of hydrogen-bond acceptors (Lipinski definition) is 5. The number of aliphatic hydroxyl groups excluding tert-OH is 1. The van der Waals surface area contributed by atoms with Crippen LogP contribution in [0.15, 0.2) is 0 Å². The van der Waals surface area contributed by atoms with Gasteiger partial charge in [0.2, 0.25) is 0 Å². The first-order chi connectivity index (χ1) is 7.13. The number of aliphatic hydroxyl groups is 1. The zero-order valence-electron chi connectivity index (χ0n) is 8.69. The molecule has 5 heteroatoms. The number of methoxy groups -OCH3 is 1. The van der Waals surface area contributed by atoms with Gasteiger partial charge in [-0.05, 0) is 25.7 Å². The third-order valence-electron chi connectivity index (χ3n) is 2.51. The molecule has 0 radical (unpaired) electrons. The molecule has 0 aliphatic heterocycles. The first kappa shape index (κ1) is 10.6. The zero-order chi connectivity index (χ0) is 11.0. The molecule has 1 fully saturated rings. The second-order valence-corrected chi connectivity index (χ2v) is 4.77. The number of aryl methyl sites for hydroxylation is 1. The molecule has 0 bridgehead atoms. The maximum atomic E-state index is 11.3. The molecule has 0 spiro atoms. The highest BCUT2D eigenvalue weighted by molar-refractivity contribution is 7.13. The molecule has 1 aliphatic rings. The fourth-order valence-corrected chi connectivity index (χ4v) is 2.50. The van der Waals surface area contributed by atoms with E-state index in [-0.39, 0.29) is 5.97 Å². The van der Waals surface area contributed by atoms with Gasteiger partial charge in [-0.25, -0.2) is 9.78 Å². The largest absolute Gasteiger partial charge is 0.465 e. The molecule has 1 heterocycles. The minimum atomic E-state index is -0.507. The summed E-state index contributed by atoms with van der Waals surface area (Å²) in [6.45, 7) is 1.76. The second kappa shape index (κ2) is 3.90. The molecule has 1 aromatic heterocycles. The van der Waals surface area contributed by atoms with Crippen LogP contribution in [-0.4, -0.2) is 23.2 Å². The Kier molecular flexibility index (Phi) is 2.75. The summed E-state index contributed by atoms with van der Waals surface area (Å²) in [4.78, 5) is 16.0. The molecule has 15 heavy (non-hydrogen) atoms. The van der Waals surface area contributed by atoms with Crippen LogP contribution >= 0.6 is 11.3 Å². The van der Waals surface area contributed by atoms with Crippen molar-refractivity contribution in [1.82, 2.24) is 4.98 Å². The smallest absolute Gasteiger partial charge is 0.349 e. The Bertz CT molecular complexity index is 384. The van der Waals surface area contributed by atoms with E-state index in [0.717, 1.165) is 12.8 Å². The second-order valence-electron chi connectivity index (χ2n) is 3.74. The number of carbonyl (C=O) groups excluding carboxylic acids is 1. The average Bonchev–Trinajstić information content (AvgIpc) is 3.00. The molecule has 0 aromatic carbocycles. The highest BCUT2D eigenvalue weighted by Crippen LogP contribution is 2.42. The average molecular weight is 227 g/mol. The number of esters is 1. The van der Waals surface area contributed by atoms with Gasteiger partial charge in [0, 0.05) is 0 Å². The molecule has 1 unspecified atom stereocenters. The number of thiazole rings is 1. The van der Waals surface area contributed by atoms with Gasteiger partial charge in [-0.15, -0.1) is 11.3 Å². The lowest BCUT2D eigenvalue weighted by atomic mass is 10.2. The van der Waals surface area contributed by atoms with E-state index in [1.54, 1.807) is 6.92 Å². The summed E-state index contributed by atoms with van der Waals surface area (Å²) in [6.07, 6.45) is 1.59. The Labute approximate surface area is 91.9 Å². The molecule has 82 valence electrons. The van der Waals surface area contributed by atoms with Crippen LogP contribution in [0.3, 0.4) is 0 Å². The van der Waals surface area contributed by atoms with Gasteiger partial charge in [0.15, 0.2) is 0 Å². The lowest BCUT2D eigenvalue weighted by molar-refractivity contribution is 0.0605. The van der Waals surface area contributed by atoms with Gasteiger partial charge in [-0.1, -0.05) is 0 Å². The molecule has 0 saturated heterocycles. The quantitative estimate of drug-likeness (QED) is 0.798. The van der Waals surface area contributed by atoms with Crippen LogP contribution in [0.25, 0.3) is 0 Å². The molecule has 1 N–H and O–H groups in total. The number of nitrogens with zero attached hydrogens (tertiary/aromatic N) is 1. The van der Waals surface area contributed by atoms with Crippen LogP contribution in [0.1, 0.15) is 39.3 Å². The highest BCUT2D eigenvalue weighted by atomic mass is 32.1. The number of aromatic nitrogens is 1. The molecule has 1 aliphatic carbocycles. The molecule has 2 rings (SSSR count). The molecule has 1 saturated carbocycles. The third-order valence-corrected chi connectivity index (χ3v) is 3.71. The van der Waals surface area contributed by atoms with Crippen molar-refractivity contribution < 1.29 is 14.6 Å². The van der Waals surface area contributed by atoms with E-state index in [1.807, 2.05) is 0 Å². The van der Waals surface area contributed by atoms with Crippen molar-refractivity contribution in [2.75, 3.05) is 7.11 Å². The van der Waals surface area contributed by atoms with Crippen LogP contribution in [-0.2, 0) is 4.74 Å². The normalized spacial score (nSPS) is 17.5. The Hall–Kier alpha value is -0.940. The predicted octanol–water partition coefficient (Wildman–Crippen LogP) is 1.68. The standard InChI is InChI=1S/C10H13NO3S/c1-5-8(10(13)14-2)15-9(11-5)7(12)6-3-4-6/h6-7,12H,3-4H2,1-2H3. The Balaban J connectivity index is 2.23. The summed E-state index contributed by atoms with van der Waals surface area (Å²) in [7, 11) is 1.35. The first-order valence-corrected chi connectivity index (χ1v) is 5.69. The fourth-order valence-electron chi connectivity index (χ4n) is 1.44. The molecule has 1 atom stereocenters. The van der Waals surface area contributed by atoms with Crippen LogP contribution in [0, 0.1) is 12.8 Å². The van der Waals surface area contributed by atoms with Crippen LogP contribution in [0.5, 0.6) is 0 Å². The topological polar surface area (TPSA) is 59.4 Å². The van der Waals surface area contributed by atoms with Gasteiger partial charge in [0.1, 0.15) is 16.0 Å². The van der Waals surface area contributed by atoms with Crippen LogP contribution in [0.2, 0.25) is 0 Å². The molecule has 1 aromatic rings.